The SMILES string of the molecule is C1C2CC1C2.C1CC2CC1C2.C1CC2CC1C2.C1CC2CCC1C2.C1CC2CCC1C2.C1CC2CCC1CC2.C1CCCC1.C1CCCCC1.C1CCCCCC1.CC(C)C1C2CC3CC(C2)CC1C3.CC(C)C1CC2CCC1CC2.CC(C)c1ccccc1.CCc1ccccc1.Cc1ccccc1. The molecule has 0 aromatic heterocycles. The maximum atomic E-state index is 2.45. The van der Waals surface area contributed by atoms with Crippen molar-refractivity contribution < 1.29 is 0 Å². The molecule has 26 aliphatic rings. The molecule has 594 valence electrons. The molecule has 18 bridgehead atoms. The maximum Gasteiger partial charge on any atom is -0.0219 e. The van der Waals surface area contributed by atoms with Crippen LogP contribution in [0.2, 0.25) is 0 Å². The Morgan fingerprint density at radius 1 is 0.238 bits per heavy atom. The van der Waals surface area contributed by atoms with Crippen LogP contribution in [0.4, 0.5) is 0 Å². The minimum absolute atomic E-state index is 0.659. The van der Waals surface area contributed by atoms with Gasteiger partial charge in [-0.2, -0.15) is 0 Å². The zero-order valence-corrected chi connectivity index (χ0v) is 71.0. The van der Waals surface area contributed by atoms with Crippen LogP contribution < -0.4 is 0 Å². The lowest BCUT2D eigenvalue weighted by atomic mass is 9.50. The molecule has 0 spiro atoms. The van der Waals surface area contributed by atoms with Gasteiger partial charge in [0, 0.05) is 0 Å². The summed E-state index contributed by atoms with van der Waals surface area (Å²) in [4.78, 5) is 0. The molecule has 0 amide bonds. The lowest BCUT2D eigenvalue weighted by Gasteiger charge is -2.55. The highest BCUT2D eigenvalue weighted by atomic mass is 14.5. The Kier molecular flexibility index (Phi) is 38.8. The van der Waals surface area contributed by atoms with E-state index in [9.17, 15) is 0 Å². The fourth-order valence-corrected chi connectivity index (χ4v) is 25.0. The van der Waals surface area contributed by atoms with Crippen molar-refractivity contribution in [2.75, 3.05) is 0 Å². The predicted molar refractivity (Wildman–Crippen MR) is 461 cm³/mol. The van der Waals surface area contributed by atoms with Gasteiger partial charge in [0.1, 0.15) is 0 Å². The van der Waals surface area contributed by atoms with E-state index in [1.165, 1.54) is 191 Å². The molecule has 1 atom stereocenters. The van der Waals surface area contributed by atoms with E-state index >= 15 is 0 Å². The van der Waals surface area contributed by atoms with Crippen LogP contribution in [0.3, 0.4) is 0 Å². The second kappa shape index (κ2) is 47.9. The summed E-state index contributed by atoms with van der Waals surface area (Å²) in [6.07, 6.45) is 86.2. The van der Waals surface area contributed by atoms with Crippen LogP contribution in [0.5, 0.6) is 0 Å². The van der Waals surface area contributed by atoms with Crippen LogP contribution >= 0.6 is 0 Å². The molecular weight excluding hydrogens is 1260 g/mol. The van der Waals surface area contributed by atoms with Gasteiger partial charge in [-0.25, -0.2) is 0 Å². The lowest BCUT2D eigenvalue weighted by Crippen LogP contribution is -2.46. The van der Waals surface area contributed by atoms with Crippen molar-refractivity contribution in [2.24, 2.45) is 130 Å². The largest absolute Gasteiger partial charge is 0.0625 e. The molecule has 29 rings (SSSR count). The van der Waals surface area contributed by atoms with E-state index in [0.717, 1.165) is 77.4 Å². The highest BCUT2D eigenvalue weighted by Gasteiger charge is 2.49. The summed E-state index contributed by atoms with van der Waals surface area (Å²) in [5.74, 6) is 25.7. The van der Waals surface area contributed by atoms with E-state index in [0.29, 0.717) is 5.92 Å². The summed E-state index contributed by atoms with van der Waals surface area (Å²) in [5, 5.41) is 0. The third-order valence-corrected chi connectivity index (χ3v) is 32.0. The Hall–Kier alpha value is -2.34. The second-order valence-corrected chi connectivity index (χ2v) is 41.3. The van der Waals surface area contributed by atoms with Crippen LogP contribution in [0.15, 0.2) is 91.0 Å². The van der Waals surface area contributed by atoms with Crippen molar-refractivity contribution in [3.05, 3.63) is 108 Å². The third kappa shape index (κ3) is 30.9. The van der Waals surface area contributed by atoms with Crippen molar-refractivity contribution in [1.29, 1.82) is 0 Å². The Morgan fingerprint density at radius 3 is 0.657 bits per heavy atom. The summed E-state index contributed by atoms with van der Waals surface area (Å²) in [5.41, 5.74) is 4.15. The summed E-state index contributed by atoms with van der Waals surface area (Å²) >= 11 is 0. The number of fused-ring (bicyclic) bond motifs is 12. The van der Waals surface area contributed by atoms with E-state index in [-0.39, 0.29) is 0 Å². The quantitative estimate of drug-likeness (QED) is 0.228. The van der Waals surface area contributed by atoms with Gasteiger partial charge in [0.2, 0.25) is 0 Å². The average molecular weight is 1440 g/mol. The highest BCUT2D eigenvalue weighted by Crippen LogP contribution is 2.59. The van der Waals surface area contributed by atoms with E-state index in [1.807, 2.05) is 30.3 Å². The van der Waals surface area contributed by atoms with Gasteiger partial charge >= 0.3 is 0 Å². The molecule has 0 radical (unpaired) electrons. The number of rotatable bonds is 4. The Bertz CT molecular complexity index is 2370. The van der Waals surface area contributed by atoms with Crippen LogP contribution in [0, 0.1) is 137 Å². The van der Waals surface area contributed by atoms with Gasteiger partial charge in [-0.05, 0) is 270 Å². The van der Waals surface area contributed by atoms with E-state index in [2.05, 4.69) is 116 Å². The van der Waals surface area contributed by atoms with E-state index in [1.54, 1.807) is 238 Å². The fourth-order valence-electron chi connectivity index (χ4n) is 25.0. The van der Waals surface area contributed by atoms with Crippen LogP contribution in [-0.4, -0.2) is 0 Å². The average Bonchev–Trinajstić information content (AvgIpc) is 1.76. The van der Waals surface area contributed by atoms with Crippen molar-refractivity contribution in [2.45, 2.75) is 421 Å². The second-order valence-electron chi connectivity index (χ2n) is 41.3. The Labute approximate surface area is 654 Å². The van der Waals surface area contributed by atoms with Gasteiger partial charge in [0.25, 0.3) is 0 Å². The van der Waals surface area contributed by atoms with Gasteiger partial charge in [-0.15, -0.1) is 0 Å². The van der Waals surface area contributed by atoms with Crippen molar-refractivity contribution in [3.8, 4) is 0 Å². The monoisotopic (exact) mass is 1440 g/mol. The van der Waals surface area contributed by atoms with Crippen molar-refractivity contribution in [1.82, 2.24) is 0 Å². The first-order valence-corrected chi connectivity index (χ1v) is 48.4. The highest BCUT2D eigenvalue weighted by molar-refractivity contribution is 5.18. The molecule has 1 unspecified atom stereocenters. The maximum absolute atomic E-state index is 2.45. The summed E-state index contributed by atoms with van der Waals surface area (Å²) in [6, 6.07) is 31.2. The molecule has 3 aromatic rings. The number of hydrogen-bond donors (Lipinski definition) is 0. The topological polar surface area (TPSA) is 0 Å². The third-order valence-electron chi connectivity index (χ3n) is 32.0. The summed E-state index contributed by atoms with van der Waals surface area (Å²) < 4.78 is 0. The minimum atomic E-state index is 0.659. The van der Waals surface area contributed by atoms with Gasteiger partial charge in [0.15, 0.2) is 0 Å². The van der Waals surface area contributed by atoms with Crippen LogP contribution in [-0.2, 0) is 6.42 Å². The number of benzene rings is 3. The molecule has 26 fully saturated rings. The molecule has 3 aromatic carbocycles. The van der Waals surface area contributed by atoms with Crippen LogP contribution in [0.1, 0.15) is 424 Å². The normalized spacial score (nSPS) is 35.9. The summed E-state index contributed by atoms with van der Waals surface area (Å²) in [6.45, 7) is 18.4. The molecule has 0 heterocycles. The Balaban J connectivity index is 0.000000122. The first-order chi connectivity index (χ1) is 51.3. The minimum Gasteiger partial charge on any atom is -0.0625 e. The van der Waals surface area contributed by atoms with Gasteiger partial charge in [-0.1, -0.05) is 389 Å². The zero-order valence-electron chi connectivity index (χ0n) is 71.0. The van der Waals surface area contributed by atoms with E-state index < -0.39 is 0 Å². The smallest absolute Gasteiger partial charge is 0.0219 e. The predicted octanol–water partition coefficient (Wildman–Crippen LogP) is 33.3. The first kappa shape index (κ1) is 85.1. The summed E-state index contributed by atoms with van der Waals surface area (Å²) in [7, 11) is 0. The number of aryl methyl sites for hydroxylation is 2. The Morgan fingerprint density at radius 2 is 0.486 bits per heavy atom. The van der Waals surface area contributed by atoms with Gasteiger partial charge < -0.3 is 0 Å². The molecule has 0 aliphatic heterocycles. The molecule has 26 saturated carbocycles. The van der Waals surface area contributed by atoms with Crippen LogP contribution in [0.25, 0.3) is 0 Å². The van der Waals surface area contributed by atoms with Crippen molar-refractivity contribution >= 4 is 0 Å². The fraction of sp³-hybridized carbons (Fsp3) is 0.829. The molecule has 26 aliphatic carbocycles. The molecule has 0 N–H and O–H groups in total. The molecule has 0 saturated heterocycles. The first-order valence-electron chi connectivity index (χ1n) is 48.4. The lowest BCUT2D eigenvalue weighted by molar-refractivity contribution is -0.0552. The van der Waals surface area contributed by atoms with Gasteiger partial charge in [-0.3, -0.25) is 0 Å². The molecule has 0 nitrogen and oxygen atoms in total. The van der Waals surface area contributed by atoms with Crippen molar-refractivity contribution in [3.63, 3.8) is 0 Å². The van der Waals surface area contributed by atoms with E-state index in [4.69, 9.17) is 0 Å². The zero-order chi connectivity index (χ0) is 73.2. The molecule has 0 heteroatoms. The molecular formula is C105H174. The van der Waals surface area contributed by atoms with Gasteiger partial charge in [0.05, 0.1) is 0 Å². The number of hydrogen-bond acceptors (Lipinski definition) is 0. The molecule has 105 heavy (non-hydrogen) atoms. The standard InChI is InChI=1S/C13H22.C11H20.C9H12.C8H14.C8H10.2C7H12.C7H8.C7H14.2C6H10.C6H12.C5H8.C5H10/c1-8(2)13-11-4-9-3-10(6-11)7-12(13)5-9;1-8(2)11-7-9-3-5-10(11)6-4-9;1-8(2)9-6-4-3-5-7-9;1-2-8-5-3-7(1)4-6-8;1-2-8-6-4-3-5-7-8;2*1-2-7-4-3-6(1)5-7;1-7-5-3-2-4-6-7;1-2-4-6-7-5-3-1;2*1-2-6-3-5(1)4-6;1-2-4-6-5-3-1;1-4-2-5(1)3-4;1-2-4-5-3-1/h8-13H,3-7H2,1-2H3;8-11H,3-7H2,1-2H3;3-8H,1-2H3;7-8H,1-6H2;3-7H,2H2,1H3;2*6-7H,1-5H2;2-6H,1H3;1-7H2;2*5-6H,1-4H2;1-6H2;4-5H,1-3H2;1-5H2.